The molecule has 1 amide bonds. The van der Waals surface area contributed by atoms with Crippen LogP contribution in [0, 0.1) is 6.92 Å². The van der Waals surface area contributed by atoms with Crippen molar-refractivity contribution in [2.24, 2.45) is 0 Å². The monoisotopic (exact) mass is 292 g/mol. The number of carboxylic acid groups (broad SMARTS) is 1. The molecule has 1 rings (SSSR count). The molecule has 2 N–H and O–H groups in total. The van der Waals surface area contributed by atoms with Gasteiger partial charge in [-0.15, -0.1) is 0 Å². The highest BCUT2D eigenvalue weighted by molar-refractivity contribution is 5.95. The fourth-order valence-electron chi connectivity index (χ4n) is 2.10. The van der Waals surface area contributed by atoms with Gasteiger partial charge in [-0.2, -0.15) is 0 Å². The first-order valence-corrected chi connectivity index (χ1v) is 7.18. The number of benzene rings is 1. The molecule has 0 bridgehead atoms. The molecule has 0 aliphatic carbocycles. The number of aliphatic carboxylic acids is 1. The van der Waals surface area contributed by atoms with Crippen molar-refractivity contribution in [1.29, 1.82) is 0 Å². The van der Waals surface area contributed by atoms with Crippen LogP contribution in [0.15, 0.2) is 18.2 Å². The number of hydrogen-bond acceptors (Lipinski definition) is 3. The van der Waals surface area contributed by atoms with E-state index in [9.17, 15) is 9.59 Å². The molecule has 1 aromatic carbocycles. The number of rotatable bonds is 7. The molecule has 116 valence electrons. The van der Waals surface area contributed by atoms with Crippen LogP contribution in [-0.2, 0) is 16.0 Å². The molecule has 0 heterocycles. The summed E-state index contributed by atoms with van der Waals surface area (Å²) in [6.45, 7) is 6.14. The highest BCUT2D eigenvalue weighted by atomic mass is 16.4. The maximum atomic E-state index is 12.3. The number of amides is 1. The fraction of sp³-hybridized carbons (Fsp3) is 0.500. The number of likely N-dealkylation sites (N-methyl/N-ethyl adjacent to an activating group) is 1. The zero-order chi connectivity index (χ0) is 16.0. The topological polar surface area (TPSA) is 69.6 Å². The molecule has 5 nitrogen and oxygen atoms in total. The lowest BCUT2D eigenvalue weighted by Crippen LogP contribution is -2.40. The van der Waals surface area contributed by atoms with Gasteiger partial charge in [0.15, 0.2) is 0 Å². The SMILES string of the molecule is CCc1cccc(C)c1NC(=O)C(C)N(C)CCC(=O)O. The van der Waals surface area contributed by atoms with Gasteiger partial charge in [0, 0.05) is 12.2 Å². The van der Waals surface area contributed by atoms with Crippen LogP contribution in [0.4, 0.5) is 5.69 Å². The van der Waals surface area contributed by atoms with E-state index in [1.54, 1.807) is 18.9 Å². The zero-order valence-corrected chi connectivity index (χ0v) is 13.1. The van der Waals surface area contributed by atoms with Crippen LogP contribution in [0.5, 0.6) is 0 Å². The predicted octanol–water partition coefficient (Wildman–Crippen LogP) is 2.29. The molecule has 1 atom stereocenters. The highest BCUT2D eigenvalue weighted by Gasteiger charge is 2.20. The van der Waals surface area contributed by atoms with Crippen LogP contribution in [-0.4, -0.2) is 41.5 Å². The largest absolute Gasteiger partial charge is 0.481 e. The number of aryl methyl sites for hydroxylation is 2. The third kappa shape index (κ3) is 4.86. The van der Waals surface area contributed by atoms with Gasteiger partial charge in [-0.25, -0.2) is 0 Å². The molecule has 21 heavy (non-hydrogen) atoms. The van der Waals surface area contributed by atoms with Gasteiger partial charge in [0.25, 0.3) is 0 Å². The summed E-state index contributed by atoms with van der Waals surface area (Å²) in [5, 5.41) is 11.7. The second-order valence-corrected chi connectivity index (χ2v) is 5.25. The smallest absolute Gasteiger partial charge is 0.304 e. The molecule has 0 saturated heterocycles. The minimum Gasteiger partial charge on any atom is -0.481 e. The molecule has 0 fully saturated rings. The summed E-state index contributed by atoms with van der Waals surface area (Å²) < 4.78 is 0. The molecule has 0 aromatic heterocycles. The van der Waals surface area contributed by atoms with Gasteiger partial charge in [-0.1, -0.05) is 25.1 Å². The lowest BCUT2D eigenvalue weighted by molar-refractivity contribution is -0.137. The number of carbonyl (C=O) groups excluding carboxylic acids is 1. The number of carboxylic acids is 1. The van der Waals surface area contributed by atoms with Crippen LogP contribution in [0.3, 0.4) is 0 Å². The van der Waals surface area contributed by atoms with E-state index in [0.29, 0.717) is 6.54 Å². The summed E-state index contributed by atoms with van der Waals surface area (Å²) in [5.74, 6) is -0.978. The summed E-state index contributed by atoms with van der Waals surface area (Å²) in [6.07, 6.45) is 0.874. The predicted molar refractivity (Wildman–Crippen MR) is 83.5 cm³/mol. The molecule has 1 aromatic rings. The Balaban J connectivity index is 2.74. The summed E-state index contributed by atoms with van der Waals surface area (Å²) in [5.41, 5.74) is 3.00. The van der Waals surface area contributed by atoms with Gasteiger partial charge in [-0.3, -0.25) is 14.5 Å². The Bertz CT molecular complexity index is 514. The van der Waals surface area contributed by atoms with Gasteiger partial charge >= 0.3 is 5.97 Å². The molecular formula is C16H24N2O3. The van der Waals surface area contributed by atoms with Crippen LogP contribution < -0.4 is 5.32 Å². The first kappa shape index (κ1) is 17.2. The van der Waals surface area contributed by atoms with Crippen LogP contribution >= 0.6 is 0 Å². The van der Waals surface area contributed by atoms with Crippen molar-refractivity contribution < 1.29 is 14.7 Å². The Morgan fingerprint density at radius 3 is 2.62 bits per heavy atom. The minimum atomic E-state index is -0.860. The van der Waals surface area contributed by atoms with Gasteiger partial charge in [0.2, 0.25) is 5.91 Å². The van der Waals surface area contributed by atoms with Crippen molar-refractivity contribution >= 4 is 17.6 Å². The molecule has 1 unspecified atom stereocenters. The summed E-state index contributed by atoms with van der Waals surface area (Å²) in [4.78, 5) is 24.7. The van der Waals surface area contributed by atoms with E-state index in [1.165, 1.54) is 0 Å². The summed E-state index contributed by atoms with van der Waals surface area (Å²) in [7, 11) is 1.76. The number of anilines is 1. The van der Waals surface area contributed by atoms with Crippen molar-refractivity contribution in [2.45, 2.75) is 39.7 Å². The molecule has 0 aliphatic rings. The van der Waals surface area contributed by atoms with Crippen molar-refractivity contribution in [1.82, 2.24) is 4.90 Å². The van der Waals surface area contributed by atoms with Crippen LogP contribution in [0.25, 0.3) is 0 Å². The van der Waals surface area contributed by atoms with Gasteiger partial charge in [0.1, 0.15) is 0 Å². The Labute approximate surface area is 126 Å². The van der Waals surface area contributed by atoms with Gasteiger partial charge in [-0.05, 0) is 38.4 Å². The lowest BCUT2D eigenvalue weighted by atomic mass is 10.1. The van der Waals surface area contributed by atoms with Crippen molar-refractivity contribution in [3.8, 4) is 0 Å². The molecule has 5 heteroatoms. The van der Waals surface area contributed by atoms with Crippen LogP contribution in [0.2, 0.25) is 0 Å². The fourth-order valence-corrected chi connectivity index (χ4v) is 2.10. The molecule has 0 radical (unpaired) electrons. The third-order valence-corrected chi connectivity index (χ3v) is 3.71. The second kappa shape index (κ2) is 7.78. The maximum Gasteiger partial charge on any atom is 0.304 e. The zero-order valence-electron chi connectivity index (χ0n) is 13.1. The Morgan fingerprint density at radius 1 is 1.38 bits per heavy atom. The van der Waals surface area contributed by atoms with Crippen molar-refractivity contribution in [3.63, 3.8) is 0 Å². The van der Waals surface area contributed by atoms with Gasteiger partial charge in [0.05, 0.1) is 12.5 Å². The van der Waals surface area contributed by atoms with E-state index < -0.39 is 5.97 Å². The highest BCUT2D eigenvalue weighted by Crippen LogP contribution is 2.21. The number of para-hydroxylation sites is 1. The average Bonchev–Trinajstić information content (AvgIpc) is 2.45. The summed E-state index contributed by atoms with van der Waals surface area (Å²) in [6, 6.07) is 5.56. The molecule has 0 spiro atoms. The number of nitrogens with one attached hydrogen (secondary N) is 1. The van der Waals surface area contributed by atoms with E-state index in [1.807, 2.05) is 32.0 Å². The van der Waals surface area contributed by atoms with E-state index in [-0.39, 0.29) is 18.4 Å². The number of hydrogen-bond donors (Lipinski definition) is 2. The van der Waals surface area contributed by atoms with Crippen molar-refractivity contribution in [2.75, 3.05) is 18.9 Å². The third-order valence-electron chi connectivity index (χ3n) is 3.71. The van der Waals surface area contributed by atoms with Gasteiger partial charge < -0.3 is 10.4 Å². The number of carbonyl (C=O) groups is 2. The second-order valence-electron chi connectivity index (χ2n) is 5.25. The lowest BCUT2D eigenvalue weighted by Gasteiger charge is -2.24. The first-order valence-electron chi connectivity index (χ1n) is 7.18. The average molecular weight is 292 g/mol. The van der Waals surface area contributed by atoms with E-state index in [0.717, 1.165) is 23.2 Å². The van der Waals surface area contributed by atoms with E-state index >= 15 is 0 Å². The minimum absolute atomic E-state index is 0.0265. The molecule has 0 aliphatic heterocycles. The van der Waals surface area contributed by atoms with E-state index in [4.69, 9.17) is 5.11 Å². The number of nitrogens with zero attached hydrogens (tertiary/aromatic N) is 1. The maximum absolute atomic E-state index is 12.3. The normalized spacial score (nSPS) is 12.2. The molecular weight excluding hydrogens is 268 g/mol. The summed E-state index contributed by atoms with van der Waals surface area (Å²) >= 11 is 0. The standard InChI is InChI=1S/C16H24N2O3/c1-5-13-8-6-7-11(2)15(13)17-16(21)12(3)18(4)10-9-14(19)20/h6-8,12H,5,9-10H2,1-4H3,(H,17,21)(H,19,20). The van der Waals surface area contributed by atoms with E-state index in [2.05, 4.69) is 5.32 Å². The molecule has 0 saturated carbocycles. The Morgan fingerprint density at radius 2 is 2.05 bits per heavy atom. The van der Waals surface area contributed by atoms with Crippen molar-refractivity contribution in [3.05, 3.63) is 29.3 Å². The Kier molecular flexibility index (Phi) is 6.37. The first-order chi connectivity index (χ1) is 9.86. The quantitative estimate of drug-likeness (QED) is 0.809. The van der Waals surface area contributed by atoms with Crippen LogP contribution in [0.1, 0.15) is 31.4 Å². The Hall–Kier alpha value is -1.88.